The molecular weight excluding hydrogens is 252 g/mol. The minimum Gasteiger partial charge on any atom is -0.481 e. The first-order valence-corrected chi connectivity index (χ1v) is 7.05. The van der Waals surface area contributed by atoms with Crippen LogP contribution in [0.3, 0.4) is 0 Å². The zero-order valence-corrected chi connectivity index (χ0v) is 11.8. The molecule has 3 heteroatoms. The molecule has 1 aliphatic rings. The molecule has 3 nitrogen and oxygen atoms in total. The van der Waals surface area contributed by atoms with Gasteiger partial charge in [0.15, 0.2) is 5.78 Å². The van der Waals surface area contributed by atoms with Gasteiger partial charge in [-0.25, -0.2) is 0 Å². The van der Waals surface area contributed by atoms with Gasteiger partial charge < -0.3 is 5.11 Å². The summed E-state index contributed by atoms with van der Waals surface area (Å²) < 4.78 is 0. The molecule has 1 aliphatic carbocycles. The van der Waals surface area contributed by atoms with Crippen molar-refractivity contribution >= 4 is 11.8 Å². The van der Waals surface area contributed by atoms with E-state index in [2.05, 4.69) is 0 Å². The van der Waals surface area contributed by atoms with Gasteiger partial charge in [0, 0.05) is 17.4 Å². The van der Waals surface area contributed by atoms with Crippen LogP contribution in [0.1, 0.15) is 48.5 Å². The fraction of sp³-hybridized carbons (Fsp3) is 0.412. The molecule has 0 radical (unpaired) electrons. The van der Waals surface area contributed by atoms with Crippen molar-refractivity contribution in [3.8, 4) is 0 Å². The summed E-state index contributed by atoms with van der Waals surface area (Å²) in [6, 6.07) is 7.78. The van der Waals surface area contributed by atoms with Crippen LogP contribution < -0.4 is 0 Å². The second-order valence-electron chi connectivity index (χ2n) is 5.59. The van der Waals surface area contributed by atoms with Gasteiger partial charge in [0.1, 0.15) is 0 Å². The Kier molecular flexibility index (Phi) is 4.38. The van der Waals surface area contributed by atoms with Gasteiger partial charge in [-0.3, -0.25) is 9.59 Å². The molecule has 0 amide bonds. The molecular formula is C17H20O3. The quantitative estimate of drug-likeness (QED) is 0.657. The number of carboxylic acid groups (broad SMARTS) is 1. The normalized spacial score (nSPS) is 21.9. The maximum Gasteiger partial charge on any atom is 0.303 e. The number of ketones is 1. The second kappa shape index (κ2) is 6.04. The summed E-state index contributed by atoms with van der Waals surface area (Å²) in [6.07, 6.45) is 7.15. The van der Waals surface area contributed by atoms with Crippen molar-refractivity contribution in [1.29, 1.82) is 0 Å². The van der Waals surface area contributed by atoms with Gasteiger partial charge in [-0.15, -0.1) is 0 Å². The molecule has 1 N–H and O–H groups in total. The molecule has 0 aliphatic heterocycles. The van der Waals surface area contributed by atoms with Crippen LogP contribution in [0.15, 0.2) is 36.4 Å². The summed E-state index contributed by atoms with van der Waals surface area (Å²) in [5.41, 5.74) is 1.52. The first kappa shape index (κ1) is 14.5. The van der Waals surface area contributed by atoms with E-state index >= 15 is 0 Å². The number of hydrogen-bond donors (Lipinski definition) is 1. The lowest BCUT2D eigenvalue weighted by Gasteiger charge is -2.30. The van der Waals surface area contributed by atoms with Crippen molar-refractivity contribution in [1.82, 2.24) is 0 Å². The summed E-state index contributed by atoms with van der Waals surface area (Å²) in [5, 5.41) is 8.59. The van der Waals surface area contributed by atoms with E-state index < -0.39 is 11.4 Å². The van der Waals surface area contributed by atoms with Crippen LogP contribution in [0.25, 0.3) is 0 Å². The van der Waals surface area contributed by atoms with Crippen LogP contribution in [0.2, 0.25) is 0 Å². The Labute approximate surface area is 119 Å². The van der Waals surface area contributed by atoms with E-state index in [1.807, 2.05) is 43.3 Å². The molecule has 2 rings (SSSR count). The first-order valence-electron chi connectivity index (χ1n) is 7.05. The highest BCUT2D eigenvalue weighted by atomic mass is 16.4. The largest absolute Gasteiger partial charge is 0.481 e. The fourth-order valence-corrected chi connectivity index (χ4v) is 2.65. The van der Waals surface area contributed by atoms with Crippen LogP contribution >= 0.6 is 0 Å². The van der Waals surface area contributed by atoms with Crippen LogP contribution in [-0.4, -0.2) is 16.9 Å². The average molecular weight is 272 g/mol. The summed E-state index contributed by atoms with van der Waals surface area (Å²) in [7, 11) is 0. The molecule has 0 spiro atoms. The number of carboxylic acids is 1. The van der Waals surface area contributed by atoms with Gasteiger partial charge in [-0.05, 0) is 38.2 Å². The molecule has 1 atom stereocenters. The number of benzene rings is 1. The van der Waals surface area contributed by atoms with Crippen molar-refractivity contribution in [3.63, 3.8) is 0 Å². The Morgan fingerprint density at radius 2 is 2.15 bits per heavy atom. The fourth-order valence-electron chi connectivity index (χ4n) is 2.65. The van der Waals surface area contributed by atoms with Crippen LogP contribution in [-0.2, 0) is 11.2 Å². The summed E-state index contributed by atoms with van der Waals surface area (Å²) >= 11 is 0. The number of allylic oxidation sites excluding steroid dienone is 2. The second-order valence-corrected chi connectivity index (χ2v) is 5.59. The number of unbranched alkanes of at least 4 members (excludes halogenated alkanes) is 1. The number of carbonyl (C=O) groups is 2. The zero-order chi connectivity index (χ0) is 14.6. The zero-order valence-electron chi connectivity index (χ0n) is 11.8. The van der Waals surface area contributed by atoms with Gasteiger partial charge in [0.2, 0.25) is 0 Å². The molecule has 0 aromatic heterocycles. The van der Waals surface area contributed by atoms with Gasteiger partial charge in [0.25, 0.3) is 0 Å². The van der Waals surface area contributed by atoms with E-state index in [1.54, 1.807) is 0 Å². The molecule has 106 valence electrons. The predicted molar refractivity (Wildman–Crippen MR) is 77.8 cm³/mol. The number of aliphatic carboxylic acids is 1. The smallest absolute Gasteiger partial charge is 0.303 e. The highest BCUT2D eigenvalue weighted by Gasteiger charge is 2.35. The Hall–Kier alpha value is -1.90. The number of carbonyl (C=O) groups excluding carboxylic acids is 1. The lowest BCUT2D eigenvalue weighted by molar-refractivity contribution is -0.137. The van der Waals surface area contributed by atoms with Gasteiger partial charge >= 0.3 is 5.97 Å². The van der Waals surface area contributed by atoms with Crippen molar-refractivity contribution in [2.75, 3.05) is 0 Å². The summed E-state index contributed by atoms with van der Waals surface area (Å²) in [6.45, 7) is 1.97. The standard InChI is InChI=1S/C17H20O3/c1-17(11-6-2-3-9-15(18)19)12-10-13-7-4-5-8-14(13)16(17)20/h4-8,11H,2-3,9-10,12H2,1H3,(H,18,19)/b11-6+. The van der Waals surface area contributed by atoms with Gasteiger partial charge in [-0.2, -0.15) is 0 Å². The molecule has 1 unspecified atom stereocenters. The minimum atomic E-state index is -0.771. The Morgan fingerprint density at radius 1 is 1.40 bits per heavy atom. The van der Waals surface area contributed by atoms with Crippen LogP contribution in [0.5, 0.6) is 0 Å². The third-order valence-corrected chi connectivity index (χ3v) is 3.94. The van der Waals surface area contributed by atoms with Gasteiger partial charge in [0.05, 0.1) is 0 Å². The number of aryl methyl sites for hydroxylation is 1. The Balaban J connectivity index is 2.03. The van der Waals surface area contributed by atoms with Crippen molar-refractivity contribution < 1.29 is 14.7 Å². The monoisotopic (exact) mass is 272 g/mol. The molecule has 0 bridgehead atoms. The SMILES string of the molecule is CC1(/C=C/CCCC(=O)O)CCc2ccccc2C1=O. The topological polar surface area (TPSA) is 54.4 Å². The lowest BCUT2D eigenvalue weighted by atomic mass is 9.71. The first-order chi connectivity index (χ1) is 9.53. The number of fused-ring (bicyclic) bond motifs is 1. The maximum atomic E-state index is 12.6. The van der Waals surface area contributed by atoms with Crippen molar-refractivity contribution in [3.05, 3.63) is 47.5 Å². The van der Waals surface area contributed by atoms with Crippen LogP contribution in [0.4, 0.5) is 0 Å². The van der Waals surface area contributed by atoms with Crippen molar-refractivity contribution in [2.45, 2.75) is 39.0 Å². The molecule has 1 aromatic carbocycles. The minimum absolute atomic E-state index is 0.175. The van der Waals surface area contributed by atoms with Crippen LogP contribution in [0, 0.1) is 5.41 Å². The molecule has 1 aromatic rings. The molecule has 20 heavy (non-hydrogen) atoms. The van der Waals surface area contributed by atoms with E-state index in [0.717, 1.165) is 24.0 Å². The summed E-state index contributed by atoms with van der Waals surface area (Å²) in [5.74, 6) is -0.596. The lowest BCUT2D eigenvalue weighted by Crippen LogP contribution is -2.31. The van der Waals surface area contributed by atoms with E-state index in [9.17, 15) is 9.59 Å². The highest BCUT2D eigenvalue weighted by molar-refractivity contribution is 6.03. The van der Waals surface area contributed by atoms with E-state index in [0.29, 0.717) is 12.8 Å². The van der Waals surface area contributed by atoms with E-state index in [1.165, 1.54) is 0 Å². The van der Waals surface area contributed by atoms with Crippen molar-refractivity contribution in [2.24, 2.45) is 5.41 Å². The molecule has 0 heterocycles. The number of rotatable bonds is 5. The number of hydrogen-bond acceptors (Lipinski definition) is 2. The number of Topliss-reactive ketones (excluding diaryl/α,β-unsaturated/α-hetero) is 1. The molecule has 0 saturated heterocycles. The molecule has 0 fully saturated rings. The van der Waals surface area contributed by atoms with E-state index in [-0.39, 0.29) is 12.2 Å². The highest BCUT2D eigenvalue weighted by Crippen LogP contribution is 2.36. The average Bonchev–Trinajstić information content (AvgIpc) is 2.43. The maximum absolute atomic E-state index is 12.6. The third kappa shape index (κ3) is 3.16. The Morgan fingerprint density at radius 3 is 2.90 bits per heavy atom. The summed E-state index contributed by atoms with van der Waals surface area (Å²) in [4.78, 5) is 23.0. The van der Waals surface area contributed by atoms with E-state index in [4.69, 9.17) is 5.11 Å². The third-order valence-electron chi connectivity index (χ3n) is 3.94. The Bertz CT molecular complexity index is 545. The predicted octanol–water partition coefficient (Wildman–Crippen LogP) is 3.63. The van der Waals surface area contributed by atoms with Gasteiger partial charge in [-0.1, -0.05) is 36.4 Å². The molecule has 0 saturated carbocycles.